The molecule has 1 aliphatic heterocycles. The van der Waals surface area contributed by atoms with E-state index in [2.05, 4.69) is 5.32 Å². The number of rotatable bonds is 12. The van der Waals surface area contributed by atoms with Crippen LogP contribution in [0.25, 0.3) is 0 Å². The third-order valence-electron chi connectivity index (χ3n) is 7.12. The minimum absolute atomic E-state index is 0.154. The Bertz CT molecular complexity index is 1380. The molecule has 1 unspecified atom stereocenters. The molecule has 5 atom stereocenters. The molecular formula is C34H37NO6P+. The maximum absolute atomic E-state index is 12.6. The number of benzene rings is 4. The van der Waals surface area contributed by atoms with Crippen molar-refractivity contribution in [2.24, 2.45) is 0 Å². The summed E-state index contributed by atoms with van der Waals surface area (Å²) in [5.74, 6) is -1.17. The molecule has 5 rings (SSSR count). The highest BCUT2D eigenvalue weighted by atomic mass is 31.2. The van der Waals surface area contributed by atoms with Crippen molar-refractivity contribution in [3.63, 3.8) is 0 Å². The van der Waals surface area contributed by atoms with Crippen LogP contribution >= 0.6 is 7.72 Å². The van der Waals surface area contributed by atoms with E-state index >= 15 is 0 Å². The van der Waals surface area contributed by atoms with Crippen molar-refractivity contribution in [2.75, 3.05) is 6.61 Å². The van der Waals surface area contributed by atoms with Crippen LogP contribution in [0, 0.1) is 0 Å². The fraction of sp³-hybridized carbons (Fsp3) is 0.265. The summed E-state index contributed by atoms with van der Waals surface area (Å²) in [5.41, 5.74) is 2.97. The Morgan fingerprint density at radius 1 is 0.714 bits per heavy atom. The van der Waals surface area contributed by atoms with Crippen molar-refractivity contribution in [3.8, 4) is 0 Å². The molecule has 0 radical (unpaired) electrons. The Kier molecular flexibility index (Phi) is 10.5. The van der Waals surface area contributed by atoms with E-state index in [1.54, 1.807) is 0 Å². The highest BCUT2D eigenvalue weighted by molar-refractivity contribution is 7.74. The summed E-state index contributed by atoms with van der Waals surface area (Å²) in [4.78, 5) is 25.0. The van der Waals surface area contributed by atoms with Crippen molar-refractivity contribution in [1.82, 2.24) is 5.32 Å². The van der Waals surface area contributed by atoms with Gasteiger partial charge in [0.05, 0.1) is 26.4 Å². The van der Waals surface area contributed by atoms with E-state index in [0.717, 1.165) is 16.7 Å². The van der Waals surface area contributed by atoms with Gasteiger partial charge < -0.3 is 19.5 Å². The zero-order valence-electron chi connectivity index (χ0n) is 23.6. The van der Waals surface area contributed by atoms with Gasteiger partial charge in [-0.1, -0.05) is 109 Å². The smallest absolute Gasteiger partial charge is 0.329 e. The van der Waals surface area contributed by atoms with E-state index in [0.29, 0.717) is 18.5 Å². The number of amides is 1. The van der Waals surface area contributed by atoms with Gasteiger partial charge in [0.2, 0.25) is 11.7 Å². The first-order valence-electron chi connectivity index (χ1n) is 14.1. The lowest BCUT2D eigenvalue weighted by molar-refractivity contribution is -0.160. The maximum Gasteiger partial charge on any atom is 0.329 e. The van der Waals surface area contributed by atoms with Crippen LogP contribution in [0.5, 0.6) is 0 Å². The predicted octanol–water partition coefficient (Wildman–Crippen LogP) is 5.40. The molecule has 0 saturated carbocycles. The molecule has 0 bridgehead atoms. The van der Waals surface area contributed by atoms with Crippen LogP contribution in [0.4, 0.5) is 0 Å². The Balaban J connectivity index is 1.50. The van der Waals surface area contributed by atoms with Crippen LogP contribution < -0.4 is 10.6 Å². The van der Waals surface area contributed by atoms with Gasteiger partial charge in [0, 0.05) is 6.92 Å². The van der Waals surface area contributed by atoms with Gasteiger partial charge in [0.25, 0.3) is 0 Å². The van der Waals surface area contributed by atoms with Crippen LogP contribution in [0.2, 0.25) is 0 Å². The molecule has 8 heteroatoms. The summed E-state index contributed by atoms with van der Waals surface area (Å²) in [6.07, 6.45) is -2.08. The fourth-order valence-corrected chi connectivity index (χ4v) is 7.86. The lowest BCUT2D eigenvalue weighted by atomic mass is 10.1. The second kappa shape index (κ2) is 14.7. The molecule has 1 heterocycles. The van der Waals surface area contributed by atoms with E-state index in [9.17, 15) is 9.69 Å². The molecule has 0 aliphatic carbocycles. The molecule has 0 aromatic heterocycles. The van der Waals surface area contributed by atoms with Crippen LogP contribution in [-0.2, 0) is 43.3 Å². The molecule has 4 aromatic carbocycles. The second-order valence-corrected chi connectivity index (χ2v) is 12.8. The predicted molar refractivity (Wildman–Crippen MR) is 164 cm³/mol. The summed E-state index contributed by atoms with van der Waals surface area (Å²) < 4.78 is 25.9. The second-order valence-electron chi connectivity index (χ2n) is 10.3. The minimum Gasteiger partial charge on any atom is -0.374 e. The molecule has 4 aromatic rings. The molecule has 7 nitrogen and oxygen atoms in total. The van der Waals surface area contributed by atoms with Gasteiger partial charge in [-0.3, -0.25) is 4.79 Å². The molecule has 1 saturated heterocycles. The Morgan fingerprint density at radius 2 is 1.17 bits per heavy atom. The van der Waals surface area contributed by atoms with Crippen LogP contribution in [0.1, 0.15) is 23.6 Å². The van der Waals surface area contributed by atoms with Crippen molar-refractivity contribution in [1.29, 1.82) is 0 Å². The van der Waals surface area contributed by atoms with E-state index in [-0.39, 0.29) is 19.1 Å². The monoisotopic (exact) mass is 586 g/mol. The number of carbonyl (C=O) groups is 1. The Labute approximate surface area is 247 Å². The highest BCUT2D eigenvalue weighted by Gasteiger charge is 2.64. The lowest BCUT2D eigenvalue weighted by Crippen LogP contribution is -2.61. The van der Waals surface area contributed by atoms with Crippen molar-refractivity contribution < 1.29 is 28.4 Å². The summed E-state index contributed by atoms with van der Waals surface area (Å²) in [5, 5.41) is 3.58. The minimum atomic E-state index is -3.48. The standard InChI is InChI=1S/C34H36NO6P/c1-26(36)35-34-33(40-24-29-18-10-4-11-19-29)32(39-23-28-16-8-3-9-17-28)31(25-38-22-27-14-6-2-7-15-27)41-42(34,37)30-20-12-5-13-21-30/h2-21,31-34,37H,22-25H2,1H3/p+1/t31-,32-,33+,34+,42?/m1/s1. The van der Waals surface area contributed by atoms with Crippen LogP contribution in [0.3, 0.4) is 0 Å². The summed E-state index contributed by atoms with van der Waals surface area (Å²) >= 11 is 0. The third kappa shape index (κ3) is 7.69. The number of ether oxygens (including phenoxy) is 3. The van der Waals surface area contributed by atoms with Crippen molar-refractivity contribution in [3.05, 3.63) is 138 Å². The number of nitrogens with one attached hydrogen (secondary N) is 1. The maximum atomic E-state index is 12.6. The first-order valence-corrected chi connectivity index (χ1v) is 15.8. The zero-order chi connectivity index (χ0) is 29.2. The van der Waals surface area contributed by atoms with E-state index < -0.39 is 31.8 Å². The quantitative estimate of drug-likeness (QED) is 0.216. The van der Waals surface area contributed by atoms with Crippen LogP contribution in [-0.4, -0.2) is 41.5 Å². The summed E-state index contributed by atoms with van der Waals surface area (Å²) in [6.45, 7) is 2.52. The fourth-order valence-electron chi connectivity index (χ4n) is 5.08. The molecular weight excluding hydrogens is 549 g/mol. The molecule has 42 heavy (non-hydrogen) atoms. The van der Waals surface area contributed by atoms with Gasteiger partial charge in [-0.05, 0) is 28.8 Å². The van der Waals surface area contributed by atoms with Gasteiger partial charge in [-0.25, -0.2) is 4.89 Å². The zero-order valence-corrected chi connectivity index (χ0v) is 24.5. The van der Waals surface area contributed by atoms with Crippen molar-refractivity contribution in [2.45, 2.75) is 50.8 Å². The SMILES string of the molecule is CC(=O)N[C@@H]1[C@@H](OCc2ccccc2)[C@H](OCc2ccccc2)[C@@H](COCc2ccccc2)O[P+]1(O)c1ccccc1. The van der Waals surface area contributed by atoms with E-state index in [1.165, 1.54) is 6.92 Å². The van der Waals surface area contributed by atoms with Crippen LogP contribution in [0.15, 0.2) is 121 Å². The molecule has 1 aliphatic rings. The number of carbonyl (C=O) groups excluding carboxylic acids is 1. The summed E-state index contributed by atoms with van der Waals surface area (Å²) in [7, 11) is -3.48. The molecule has 218 valence electrons. The molecule has 1 fully saturated rings. The summed E-state index contributed by atoms with van der Waals surface area (Å²) in [6, 6.07) is 38.8. The van der Waals surface area contributed by atoms with E-state index in [4.69, 9.17) is 18.7 Å². The average Bonchev–Trinajstić information content (AvgIpc) is 3.03. The van der Waals surface area contributed by atoms with Crippen molar-refractivity contribution >= 4 is 18.9 Å². The number of hydrogen-bond acceptors (Lipinski definition) is 6. The van der Waals surface area contributed by atoms with Gasteiger partial charge >= 0.3 is 7.72 Å². The molecule has 2 N–H and O–H groups in total. The normalized spacial score (nSPS) is 23.8. The van der Waals surface area contributed by atoms with E-state index in [1.807, 2.05) is 121 Å². The third-order valence-corrected chi connectivity index (χ3v) is 9.92. The first kappa shape index (κ1) is 30.1. The first-order chi connectivity index (χ1) is 20.5. The molecule has 0 spiro atoms. The van der Waals surface area contributed by atoms with Gasteiger partial charge in [-0.15, -0.1) is 0 Å². The molecule has 1 amide bonds. The largest absolute Gasteiger partial charge is 0.374 e. The van der Waals surface area contributed by atoms with Gasteiger partial charge in [0.15, 0.2) is 11.4 Å². The Morgan fingerprint density at radius 3 is 1.67 bits per heavy atom. The van der Waals surface area contributed by atoms with Gasteiger partial charge in [-0.2, -0.15) is 4.52 Å². The lowest BCUT2D eigenvalue weighted by Gasteiger charge is -2.44. The Hall–Kier alpha value is -3.42. The van der Waals surface area contributed by atoms with Gasteiger partial charge in [0.1, 0.15) is 12.2 Å². The highest BCUT2D eigenvalue weighted by Crippen LogP contribution is 2.64. The number of hydrogen-bond donors (Lipinski definition) is 2. The topological polar surface area (TPSA) is 86.3 Å². The average molecular weight is 587 g/mol.